The van der Waals surface area contributed by atoms with Crippen molar-refractivity contribution >= 4 is 33.8 Å². The van der Waals surface area contributed by atoms with E-state index in [1.165, 1.54) is 12.3 Å². The predicted molar refractivity (Wildman–Crippen MR) is 96.7 cm³/mol. The molecular formula is C18H14N2O7S. The third-order valence-electron chi connectivity index (χ3n) is 4.18. The first-order valence-electron chi connectivity index (χ1n) is 7.83. The molecule has 144 valence electrons. The van der Waals surface area contributed by atoms with Crippen LogP contribution in [0.1, 0.15) is 5.69 Å². The monoisotopic (exact) mass is 402 g/mol. The van der Waals surface area contributed by atoms with Gasteiger partial charge in [-0.15, -0.1) is 0 Å². The molecule has 0 bridgehead atoms. The van der Waals surface area contributed by atoms with Crippen LogP contribution in [0.25, 0.3) is 6.08 Å². The number of carbonyl (C=O) groups is 3. The van der Waals surface area contributed by atoms with Crippen molar-refractivity contribution in [2.75, 3.05) is 7.11 Å². The van der Waals surface area contributed by atoms with E-state index in [1.807, 2.05) is 0 Å². The molecule has 2 aliphatic rings. The lowest BCUT2D eigenvalue weighted by molar-refractivity contribution is -0.141. The fourth-order valence-electron chi connectivity index (χ4n) is 2.86. The van der Waals surface area contributed by atoms with Crippen LogP contribution < -0.4 is 0 Å². The Hall–Kier alpha value is -3.53. The molecule has 0 saturated carbocycles. The van der Waals surface area contributed by atoms with Gasteiger partial charge in [-0.2, -0.15) is 0 Å². The highest BCUT2D eigenvalue weighted by Crippen LogP contribution is 2.45. The number of nitrogens with zero attached hydrogens (tertiary/aromatic N) is 2. The molecule has 9 nitrogen and oxygen atoms in total. The lowest BCUT2D eigenvalue weighted by atomic mass is 10.00. The summed E-state index contributed by atoms with van der Waals surface area (Å²) in [7, 11) is -3.08. The normalized spacial score (nSPS) is 22.2. The molecule has 28 heavy (non-hydrogen) atoms. The van der Waals surface area contributed by atoms with E-state index < -0.39 is 43.7 Å². The zero-order valence-corrected chi connectivity index (χ0v) is 15.3. The average molecular weight is 402 g/mol. The number of esters is 1. The number of hydrogen-bond donors (Lipinski definition) is 1. The summed E-state index contributed by atoms with van der Waals surface area (Å²) < 4.78 is 30.2. The summed E-state index contributed by atoms with van der Waals surface area (Å²) in [6, 6.07) is 4.89. The van der Waals surface area contributed by atoms with Crippen molar-refractivity contribution in [3.8, 4) is 0 Å². The fourth-order valence-corrected chi connectivity index (χ4v) is 4.58. The lowest BCUT2D eigenvalue weighted by Crippen LogP contribution is -2.61. The predicted octanol–water partition coefficient (Wildman–Crippen LogP) is 0.643. The maximum absolute atomic E-state index is 12.9. The van der Waals surface area contributed by atoms with Gasteiger partial charge in [-0.25, -0.2) is 18.0 Å². The number of rotatable bonds is 4. The number of β-lactam (4-membered cyclic amide) rings is 1. The van der Waals surface area contributed by atoms with Crippen LogP contribution in [0.5, 0.6) is 0 Å². The average Bonchev–Trinajstić information content (AvgIpc) is 2.67. The van der Waals surface area contributed by atoms with Gasteiger partial charge < -0.3 is 9.84 Å². The van der Waals surface area contributed by atoms with Gasteiger partial charge in [0.05, 0.1) is 23.3 Å². The third kappa shape index (κ3) is 2.93. The van der Waals surface area contributed by atoms with Gasteiger partial charge >= 0.3 is 11.9 Å². The Morgan fingerprint density at radius 3 is 2.64 bits per heavy atom. The number of carboxylic acids is 1. The number of ether oxygens (including phenoxy) is 1. The SMILES string of the molecule is C=C1C(/C=C/C(=O)OC)=C(C(=O)O)N2C(=O)/C(=C/c3ccccn3)[C@H]2S1(=O)=O. The molecule has 1 aromatic rings. The van der Waals surface area contributed by atoms with Crippen LogP contribution in [0.3, 0.4) is 0 Å². The molecule has 3 heterocycles. The molecule has 1 atom stereocenters. The van der Waals surface area contributed by atoms with Gasteiger partial charge in [-0.1, -0.05) is 12.6 Å². The first-order valence-corrected chi connectivity index (χ1v) is 9.37. The van der Waals surface area contributed by atoms with Crippen molar-refractivity contribution in [3.05, 3.63) is 70.6 Å². The number of carboxylic acid groups (broad SMARTS) is 1. The summed E-state index contributed by atoms with van der Waals surface area (Å²) >= 11 is 0. The summed E-state index contributed by atoms with van der Waals surface area (Å²) in [6.07, 6.45) is 4.58. The van der Waals surface area contributed by atoms with E-state index in [9.17, 15) is 27.9 Å². The minimum absolute atomic E-state index is 0.116. The summed E-state index contributed by atoms with van der Waals surface area (Å²) in [6.45, 7) is 3.48. The van der Waals surface area contributed by atoms with Gasteiger partial charge in [-0.05, 0) is 24.3 Å². The minimum atomic E-state index is -4.18. The molecule has 10 heteroatoms. The molecule has 1 fully saturated rings. The summed E-state index contributed by atoms with van der Waals surface area (Å²) in [5.41, 5.74) is -0.703. The number of carbonyl (C=O) groups excluding carboxylic acids is 2. The van der Waals surface area contributed by atoms with Gasteiger partial charge in [0.15, 0.2) is 5.37 Å². The number of methoxy groups -OCH3 is 1. The Labute approximate surface area is 159 Å². The number of amides is 1. The Bertz CT molecular complexity index is 1100. The topological polar surface area (TPSA) is 131 Å². The molecule has 0 unspecified atom stereocenters. The molecule has 0 spiro atoms. The first-order chi connectivity index (χ1) is 13.2. The number of sulfone groups is 1. The van der Waals surface area contributed by atoms with Crippen LogP contribution in [0, 0.1) is 0 Å². The van der Waals surface area contributed by atoms with E-state index in [-0.39, 0.29) is 11.1 Å². The van der Waals surface area contributed by atoms with Gasteiger partial charge in [0.1, 0.15) is 5.70 Å². The van der Waals surface area contributed by atoms with E-state index in [0.29, 0.717) is 10.6 Å². The second-order valence-electron chi connectivity index (χ2n) is 5.77. The van der Waals surface area contributed by atoms with Crippen LogP contribution >= 0.6 is 0 Å². The summed E-state index contributed by atoms with van der Waals surface area (Å²) in [4.78, 5) is 39.8. The summed E-state index contributed by atoms with van der Waals surface area (Å²) in [5, 5.41) is 8.05. The number of allylic oxidation sites excluding steroid dienone is 2. The summed E-state index contributed by atoms with van der Waals surface area (Å²) in [5.74, 6) is -3.14. The van der Waals surface area contributed by atoms with Crippen LogP contribution in [0.2, 0.25) is 0 Å². The van der Waals surface area contributed by atoms with E-state index in [1.54, 1.807) is 18.2 Å². The van der Waals surface area contributed by atoms with Gasteiger partial charge in [-0.3, -0.25) is 14.7 Å². The highest BCUT2D eigenvalue weighted by molar-refractivity contribution is 7.96. The number of aromatic nitrogens is 1. The van der Waals surface area contributed by atoms with Crippen molar-refractivity contribution in [3.63, 3.8) is 0 Å². The van der Waals surface area contributed by atoms with Crippen molar-refractivity contribution in [2.24, 2.45) is 0 Å². The first kappa shape index (κ1) is 19.2. The second-order valence-corrected chi connectivity index (χ2v) is 7.80. The van der Waals surface area contributed by atoms with Crippen molar-refractivity contribution < 1.29 is 32.6 Å². The lowest BCUT2D eigenvalue weighted by Gasteiger charge is -2.45. The molecule has 1 N–H and O–H groups in total. The molecule has 0 aromatic carbocycles. The van der Waals surface area contributed by atoms with Crippen molar-refractivity contribution in [1.82, 2.24) is 9.88 Å². The smallest absolute Gasteiger partial charge is 0.353 e. The van der Waals surface area contributed by atoms with Crippen LogP contribution in [0.4, 0.5) is 0 Å². The highest BCUT2D eigenvalue weighted by Gasteiger charge is 2.57. The van der Waals surface area contributed by atoms with E-state index in [2.05, 4.69) is 16.3 Å². The molecule has 0 radical (unpaired) electrons. The van der Waals surface area contributed by atoms with E-state index in [0.717, 1.165) is 19.3 Å². The Kier molecular flexibility index (Phi) is 4.73. The standard InChI is InChI=1S/C18H14N2O7S/c1-10-12(6-7-14(21)27-2)15(18(23)24)20-16(22)13(17(20)28(10,25)26)9-11-5-3-4-8-19-11/h3-9,17H,1H2,2H3,(H,23,24)/b7-6+,13-9-/t17-/m1/s1. The number of pyridine rings is 1. The third-order valence-corrected chi connectivity index (χ3v) is 6.14. The van der Waals surface area contributed by atoms with Crippen LogP contribution in [0.15, 0.2) is 64.9 Å². The maximum Gasteiger partial charge on any atom is 0.353 e. The molecule has 0 aliphatic carbocycles. The van der Waals surface area contributed by atoms with Crippen LogP contribution in [-0.4, -0.2) is 53.7 Å². The molecule has 3 rings (SSSR count). The molecule has 2 aliphatic heterocycles. The van der Waals surface area contributed by atoms with Gasteiger partial charge in [0.25, 0.3) is 5.91 Å². The van der Waals surface area contributed by atoms with Crippen LogP contribution in [-0.2, 0) is 29.0 Å². The highest BCUT2D eigenvalue weighted by atomic mass is 32.2. The van der Waals surface area contributed by atoms with Gasteiger partial charge in [0.2, 0.25) is 9.84 Å². The van der Waals surface area contributed by atoms with Crippen molar-refractivity contribution in [1.29, 1.82) is 0 Å². The second kappa shape index (κ2) is 6.89. The minimum Gasteiger partial charge on any atom is -0.477 e. The Morgan fingerprint density at radius 2 is 2.07 bits per heavy atom. The Balaban J connectivity index is 2.16. The fraction of sp³-hybridized carbons (Fsp3) is 0.111. The zero-order valence-electron chi connectivity index (χ0n) is 14.5. The molecular weight excluding hydrogens is 388 g/mol. The Morgan fingerprint density at radius 1 is 1.36 bits per heavy atom. The van der Waals surface area contributed by atoms with E-state index in [4.69, 9.17) is 0 Å². The largest absolute Gasteiger partial charge is 0.477 e. The molecule has 1 aromatic heterocycles. The maximum atomic E-state index is 12.9. The number of fused-ring (bicyclic) bond motifs is 1. The quantitative estimate of drug-likeness (QED) is 0.441. The number of hydrogen-bond acceptors (Lipinski definition) is 7. The molecule has 1 amide bonds. The van der Waals surface area contributed by atoms with E-state index >= 15 is 0 Å². The number of aliphatic carboxylic acids is 1. The molecule has 1 saturated heterocycles. The van der Waals surface area contributed by atoms with Gasteiger partial charge in [0, 0.05) is 17.8 Å². The zero-order chi connectivity index (χ0) is 20.6. The van der Waals surface area contributed by atoms with Crippen molar-refractivity contribution in [2.45, 2.75) is 5.37 Å².